The van der Waals surface area contributed by atoms with Crippen LogP contribution in [0.5, 0.6) is 0 Å². The topological polar surface area (TPSA) is 20.2 Å². The minimum Gasteiger partial charge on any atom is -0.389 e. The molecule has 1 unspecified atom stereocenters. The van der Waals surface area contributed by atoms with Gasteiger partial charge in [-0.2, -0.15) is 0 Å². The first-order valence-electron chi connectivity index (χ1n) is 4.65. The highest BCUT2D eigenvalue weighted by Crippen LogP contribution is 2.34. The molecule has 0 aliphatic carbocycles. The average Bonchev–Trinajstić information content (AvgIpc) is 2.01. The van der Waals surface area contributed by atoms with Crippen LogP contribution >= 0.6 is 23.4 Å². The van der Waals surface area contributed by atoms with E-state index >= 15 is 0 Å². The molecule has 78 valence electrons. The van der Waals surface area contributed by atoms with Crippen LogP contribution in [0.1, 0.15) is 32.4 Å². The Bertz CT molecular complexity index is 310. The molecule has 14 heavy (non-hydrogen) atoms. The lowest BCUT2D eigenvalue weighted by Gasteiger charge is -2.14. The molecule has 0 spiro atoms. The predicted octanol–water partition coefficient (Wildman–Crippen LogP) is 3.89. The van der Waals surface area contributed by atoms with Gasteiger partial charge in [0.25, 0.3) is 0 Å². The van der Waals surface area contributed by atoms with Crippen LogP contribution in [0.3, 0.4) is 0 Å². The first-order valence-corrected chi connectivity index (χ1v) is 5.91. The third kappa shape index (κ3) is 2.91. The van der Waals surface area contributed by atoms with E-state index in [0.29, 0.717) is 10.3 Å². The van der Waals surface area contributed by atoms with E-state index in [0.717, 1.165) is 10.5 Å². The maximum absolute atomic E-state index is 9.60. The van der Waals surface area contributed by atoms with E-state index in [1.807, 2.05) is 18.2 Å². The Labute approximate surface area is 94.5 Å². The minimum atomic E-state index is -0.509. The second-order valence-electron chi connectivity index (χ2n) is 3.49. The van der Waals surface area contributed by atoms with Crippen LogP contribution in [0.2, 0.25) is 5.02 Å². The van der Waals surface area contributed by atoms with Crippen molar-refractivity contribution >= 4 is 23.4 Å². The fourth-order valence-corrected chi connectivity index (χ4v) is 2.74. The summed E-state index contributed by atoms with van der Waals surface area (Å²) in [4.78, 5) is 1.07. The molecule has 0 aliphatic rings. The Balaban J connectivity index is 3.08. The number of thioether (sulfide) groups is 1. The predicted molar refractivity (Wildman–Crippen MR) is 63.1 cm³/mol. The van der Waals surface area contributed by atoms with Crippen molar-refractivity contribution in [1.82, 2.24) is 0 Å². The SMILES string of the molecule is CC(C)Sc1cccc(Cl)c1C(C)O. The van der Waals surface area contributed by atoms with Crippen LogP contribution in [0.4, 0.5) is 0 Å². The van der Waals surface area contributed by atoms with Crippen molar-refractivity contribution in [2.24, 2.45) is 0 Å². The van der Waals surface area contributed by atoms with Crippen molar-refractivity contribution in [3.05, 3.63) is 28.8 Å². The Morgan fingerprint density at radius 2 is 1.93 bits per heavy atom. The average molecular weight is 231 g/mol. The molecule has 1 N–H and O–H groups in total. The molecule has 0 bridgehead atoms. The van der Waals surface area contributed by atoms with Gasteiger partial charge in [0.1, 0.15) is 0 Å². The molecule has 0 saturated heterocycles. The monoisotopic (exact) mass is 230 g/mol. The lowest BCUT2D eigenvalue weighted by atomic mass is 10.1. The van der Waals surface area contributed by atoms with Gasteiger partial charge in [-0.25, -0.2) is 0 Å². The van der Waals surface area contributed by atoms with Gasteiger partial charge in [0.15, 0.2) is 0 Å². The molecule has 0 saturated carbocycles. The summed E-state index contributed by atoms with van der Waals surface area (Å²) in [5, 5.41) is 10.7. The molecular weight excluding hydrogens is 216 g/mol. The fraction of sp³-hybridized carbons (Fsp3) is 0.455. The van der Waals surface area contributed by atoms with Crippen LogP contribution in [0.25, 0.3) is 0 Å². The number of aliphatic hydroxyl groups excluding tert-OH is 1. The standard InChI is InChI=1S/C11H15ClOS/c1-7(2)14-10-6-4-5-9(12)11(10)8(3)13/h4-8,13H,1-3H3. The molecule has 1 nitrogen and oxygen atoms in total. The van der Waals surface area contributed by atoms with E-state index in [-0.39, 0.29) is 0 Å². The molecule has 3 heteroatoms. The lowest BCUT2D eigenvalue weighted by molar-refractivity contribution is 0.196. The number of benzene rings is 1. The Hall–Kier alpha value is -0.180. The highest BCUT2D eigenvalue weighted by Gasteiger charge is 2.13. The van der Waals surface area contributed by atoms with Gasteiger partial charge in [-0.1, -0.05) is 31.5 Å². The van der Waals surface area contributed by atoms with Crippen molar-refractivity contribution < 1.29 is 5.11 Å². The Morgan fingerprint density at radius 3 is 2.43 bits per heavy atom. The molecule has 0 aliphatic heterocycles. The van der Waals surface area contributed by atoms with Crippen LogP contribution in [0.15, 0.2) is 23.1 Å². The zero-order valence-electron chi connectivity index (χ0n) is 8.62. The molecule has 1 aromatic rings. The molecule has 0 aromatic heterocycles. The molecule has 0 fully saturated rings. The van der Waals surface area contributed by atoms with E-state index in [1.165, 1.54) is 0 Å². The maximum atomic E-state index is 9.60. The third-order valence-electron chi connectivity index (χ3n) is 1.79. The minimum absolute atomic E-state index is 0.492. The smallest absolute Gasteiger partial charge is 0.0787 e. The highest BCUT2D eigenvalue weighted by atomic mass is 35.5. The fourth-order valence-electron chi connectivity index (χ4n) is 1.28. The summed E-state index contributed by atoms with van der Waals surface area (Å²) in [6.07, 6.45) is -0.509. The third-order valence-corrected chi connectivity index (χ3v) is 3.20. The number of halogens is 1. The maximum Gasteiger partial charge on any atom is 0.0787 e. The van der Waals surface area contributed by atoms with Crippen molar-refractivity contribution in [3.8, 4) is 0 Å². The summed E-state index contributed by atoms with van der Waals surface area (Å²) in [5.41, 5.74) is 0.841. The number of rotatable bonds is 3. The van der Waals surface area contributed by atoms with E-state index in [1.54, 1.807) is 18.7 Å². The van der Waals surface area contributed by atoms with Gasteiger partial charge in [0, 0.05) is 20.7 Å². The van der Waals surface area contributed by atoms with Crippen LogP contribution < -0.4 is 0 Å². The van der Waals surface area contributed by atoms with Crippen molar-refractivity contribution in [1.29, 1.82) is 0 Å². The molecule has 0 amide bonds. The van der Waals surface area contributed by atoms with Gasteiger partial charge in [0.05, 0.1) is 6.10 Å². The molecule has 1 aromatic carbocycles. The lowest BCUT2D eigenvalue weighted by Crippen LogP contribution is -1.97. The van der Waals surface area contributed by atoms with Crippen molar-refractivity contribution in [2.45, 2.75) is 37.0 Å². The first kappa shape index (κ1) is 11.9. The summed E-state index contributed by atoms with van der Waals surface area (Å²) >= 11 is 7.76. The normalized spacial score (nSPS) is 13.3. The van der Waals surface area contributed by atoms with Crippen molar-refractivity contribution in [3.63, 3.8) is 0 Å². The number of hydrogen-bond donors (Lipinski definition) is 1. The van der Waals surface area contributed by atoms with E-state index < -0.39 is 6.10 Å². The molecule has 1 rings (SSSR count). The van der Waals surface area contributed by atoms with Gasteiger partial charge in [-0.05, 0) is 19.1 Å². The summed E-state index contributed by atoms with van der Waals surface area (Å²) in [5.74, 6) is 0. The van der Waals surface area contributed by atoms with E-state index in [9.17, 15) is 5.11 Å². The van der Waals surface area contributed by atoms with Gasteiger partial charge < -0.3 is 5.11 Å². The molecular formula is C11H15ClOS. The van der Waals surface area contributed by atoms with Crippen LogP contribution in [-0.4, -0.2) is 10.4 Å². The number of hydrogen-bond acceptors (Lipinski definition) is 2. The molecule has 0 heterocycles. The summed E-state index contributed by atoms with van der Waals surface area (Å²) in [6.45, 7) is 5.99. The Kier molecular flexibility index (Phi) is 4.30. The molecule has 0 radical (unpaired) electrons. The quantitative estimate of drug-likeness (QED) is 0.795. The van der Waals surface area contributed by atoms with Crippen LogP contribution in [0, 0.1) is 0 Å². The summed E-state index contributed by atoms with van der Waals surface area (Å²) < 4.78 is 0. The van der Waals surface area contributed by atoms with Gasteiger partial charge in [0.2, 0.25) is 0 Å². The summed E-state index contributed by atoms with van der Waals surface area (Å²) in [6, 6.07) is 5.73. The Morgan fingerprint density at radius 1 is 1.29 bits per heavy atom. The van der Waals surface area contributed by atoms with E-state index in [4.69, 9.17) is 11.6 Å². The highest BCUT2D eigenvalue weighted by molar-refractivity contribution is 8.00. The number of aliphatic hydroxyl groups is 1. The zero-order valence-corrected chi connectivity index (χ0v) is 10.2. The first-order chi connectivity index (χ1) is 6.52. The molecule has 1 atom stereocenters. The van der Waals surface area contributed by atoms with Gasteiger partial charge >= 0.3 is 0 Å². The van der Waals surface area contributed by atoms with E-state index in [2.05, 4.69) is 13.8 Å². The largest absolute Gasteiger partial charge is 0.389 e. The van der Waals surface area contributed by atoms with Gasteiger partial charge in [-0.15, -0.1) is 11.8 Å². The van der Waals surface area contributed by atoms with Gasteiger partial charge in [-0.3, -0.25) is 0 Å². The second kappa shape index (κ2) is 5.06. The van der Waals surface area contributed by atoms with Crippen LogP contribution in [-0.2, 0) is 0 Å². The zero-order chi connectivity index (χ0) is 10.7. The second-order valence-corrected chi connectivity index (χ2v) is 5.52. The summed E-state index contributed by atoms with van der Waals surface area (Å²) in [7, 11) is 0. The van der Waals surface area contributed by atoms with Crippen molar-refractivity contribution in [2.75, 3.05) is 0 Å².